The summed E-state index contributed by atoms with van der Waals surface area (Å²) in [5, 5.41) is 2.00. The number of nitrogens with zero attached hydrogens (tertiary/aromatic N) is 1. The quantitative estimate of drug-likeness (QED) is 0.784. The maximum atomic E-state index is 12.4. The van der Waals surface area contributed by atoms with E-state index >= 15 is 0 Å². The zero-order valence-corrected chi connectivity index (χ0v) is 12.4. The normalized spacial score (nSPS) is 10.4. The van der Waals surface area contributed by atoms with Crippen LogP contribution in [-0.2, 0) is 22.5 Å². The fourth-order valence-corrected chi connectivity index (χ4v) is 2.67. The van der Waals surface area contributed by atoms with Gasteiger partial charge in [-0.15, -0.1) is 11.3 Å². The number of hydrogen-bond donors (Lipinski definition) is 0. The third-order valence-electron chi connectivity index (χ3n) is 3.04. The lowest BCUT2D eigenvalue weighted by molar-refractivity contribution is -0.131. The van der Waals surface area contributed by atoms with Gasteiger partial charge in [0.25, 0.3) is 0 Å². The molecule has 0 radical (unpaired) electrons. The van der Waals surface area contributed by atoms with Gasteiger partial charge in [0, 0.05) is 25.1 Å². The molecule has 0 unspecified atom stereocenters. The van der Waals surface area contributed by atoms with Crippen LogP contribution in [0.2, 0.25) is 0 Å². The number of rotatable bonds is 7. The Balaban J connectivity index is 2.00. The van der Waals surface area contributed by atoms with Gasteiger partial charge < -0.3 is 9.64 Å². The number of benzene rings is 1. The van der Waals surface area contributed by atoms with Crippen molar-refractivity contribution in [3.05, 3.63) is 58.3 Å². The average molecular weight is 289 g/mol. The van der Waals surface area contributed by atoms with Crippen LogP contribution >= 0.6 is 11.3 Å². The van der Waals surface area contributed by atoms with Gasteiger partial charge in [-0.25, -0.2) is 0 Å². The largest absolute Gasteiger partial charge is 0.383 e. The van der Waals surface area contributed by atoms with Crippen LogP contribution in [0.15, 0.2) is 47.8 Å². The van der Waals surface area contributed by atoms with Gasteiger partial charge in [0.1, 0.15) is 0 Å². The standard InChI is InChI=1S/C16H19NO2S/c1-19-10-9-17(13-14-6-3-2-4-7-14)16(18)12-15-8-5-11-20-15/h2-8,11H,9-10,12-13H2,1H3. The molecular formula is C16H19NO2S. The zero-order valence-electron chi connectivity index (χ0n) is 11.6. The van der Waals surface area contributed by atoms with Gasteiger partial charge in [-0.3, -0.25) is 4.79 Å². The highest BCUT2D eigenvalue weighted by Gasteiger charge is 2.14. The number of carbonyl (C=O) groups is 1. The minimum Gasteiger partial charge on any atom is -0.383 e. The Hall–Kier alpha value is -1.65. The van der Waals surface area contributed by atoms with Crippen molar-refractivity contribution in [1.29, 1.82) is 0 Å². The van der Waals surface area contributed by atoms with E-state index in [-0.39, 0.29) is 5.91 Å². The van der Waals surface area contributed by atoms with E-state index in [0.717, 1.165) is 10.4 Å². The third kappa shape index (κ3) is 4.47. The van der Waals surface area contributed by atoms with E-state index in [4.69, 9.17) is 4.74 Å². The van der Waals surface area contributed by atoms with E-state index in [1.54, 1.807) is 18.4 Å². The highest BCUT2D eigenvalue weighted by Crippen LogP contribution is 2.12. The molecule has 4 heteroatoms. The summed E-state index contributed by atoms with van der Waals surface area (Å²) in [5.41, 5.74) is 1.14. The molecular weight excluding hydrogens is 270 g/mol. The molecule has 2 rings (SSSR count). The van der Waals surface area contributed by atoms with E-state index in [1.165, 1.54) is 0 Å². The maximum Gasteiger partial charge on any atom is 0.228 e. The molecule has 1 aromatic carbocycles. The Morgan fingerprint density at radius 2 is 2.00 bits per heavy atom. The van der Waals surface area contributed by atoms with Crippen LogP contribution in [0.25, 0.3) is 0 Å². The fourth-order valence-electron chi connectivity index (χ4n) is 1.97. The molecule has 1 heterocycles. The van der Waals surface area contributed by atoms with Crippen LogP contribution in [-0.4, -0.2) is 31.1 Å². The number of amides is 1. The van der Waals surface area contributed by atoms with Gasteiger partial charge in [0.15, 0.2) is 0 Å². The molecule has 0 aliphatic rings. The molecule has 0 aliphatic heterocycles. The molecule has 2 aromatic rings. The predicted octanol–water partition coefficient (Wildman–Crippen LogP) is 2.97. The topological polar surface area (TPSA) is 29.5 Å². The summed E-state index contributed by atoms with van der Waals surface area (Å²) in [6.45, 7) is 1.81. The van der Waals surface area contributed by atoms with Crippen molar-refractivity contribution in [3.8, 4) is 0 Å². The monoisotopic (exact) mass is 289 g/mol. The van der Waals surface area contributed by atoms with Crippen LogP contribution in [0.1, 0.15) is 10.4 Å². The maximum absolute atomic E-state index is 12.4. The fraction of sp³-hybridized carbons (Fsp3) is 0.312. The Morgan fingerprint density at radius 1 is 1.20 bits per heavy atom. The molecule has 0 spiro atoms. The number of carbonyl (C=O) groups excluding carboxylic acids is 1. The average Bonchev–Trinajstić information content (AvgIpc) is 2.97. The first-order valence-corrected chi connectivity index (χ1v) is 7.50. The van der Waals surface area contributed by atoms with Crippen molar-refractivity contribution in [3.63, 3.8) is 0 Å². The van der Waals surface area contributed by atoms with E-state index < -0.39 is 0 Å². The minimum absolute atomic E-state index is 0.147. The first-order valence-electron chi connectivity index (χ1n) is 6.62. The number of methoxy groups -OCH3 is 1. The van der Waals surface area contributed by atoms with Gasteiger partial charge in [0.2, 0.25) is 5.91 Å². The number of thiophene rings is 1. The summed E-state index contributed by atoms with van der Waals surface area (Å²) in [7, 11) is 1.66. The van der Waals surface area contributed by atoms with Crippen molar-refractivity contribution in [2.24, 2.45) is 0 Å². The molecule has 20 heavy (non-hydrogen) atoms. The minimum atomic E-state index is 0.147. The smallest absolute Gasteiger partial charge is 0.228 e. The molecule has 0 N–H and O–H groups in total. The highest BCUT2D eigenvalue weighted by molar-refractivity contribution is 7.10. The molecule has 0 saturated heterocycles. The summed E-state index contributed by atoms with van der Waals surface area (Å²) in [4.78, 5) is 15.4. The van der Waals surface area contributed by atoms with Crippen molar-refractivity contribution >= 4 is 17.2 Å². The Bertz CT molecular complexity index is 511. The first-order chi connectivity index (χ1) is 9.79. The Labute approximate surface area is 123 Å². The molecule has 0 saturated carbocycles. The first kappa shape index (κ1) is 14.8. The van der Waals surface area contributed by atoms with E-state index in [1.807, 2.05) is 52.7 Å². The molecule has 106 valence electrons. The predicted molar refractivity (Wildman–Crippen MR) is 81.8 cm³/mol. The SMILES string of the molecule is COCCN(Cc1ccccc1)C(=O)Cc1cccs1. The lowest BCUT2D eigenvalue weighted by atomic mass is 10.2. The van der Waals surface area contributed by atoms with Crippen molar-refractivity contribution in [2.75, 3.05) is 20.3 Å². The summed E-state index contributed by atoms with van der Waals surface area (Å²) in [6, 6.07) is 14.0. The second kappa shape index (κ2) is 7.82. The molecule has 0 fully saturated rings. The summed E-state index contributed by atoms with van der Waals surface area (Å²) in [6.07, 6.45) is 0.466. The van der Waals surface area contributed by atoms with E-state index in [0.29, 0.717) is 26.1 Å². The number of ether oxygens (including phenoxy) is 1. The van der Waals surface area contributed by atoms with Crippen LogP contribution in [0, 0.1) is 0 Å². The summed E-state index contributed by atoms with van der Waals surface area (Å²) >= 11 is 1.62. The van der Waals surface area contributed by atoms with Crippen LogP contribution < -0.4 is 0 Å². The van der Waals surface area contributed by atoms with Gasteiger partial charge in [0.05, 0.1) is 13.0 Å². The van der Waals surface area contributed by atoms with Gasteiger partial charge in [-0.1, -0.05) is 36.4 Å². The lowest BCUT2D eigenvalue weighted by Gasteiger charge is -2.22. The van der Waals surface area contributed by atoms with Gasteiger partial charge in [-0.2, -0.15) is 0 Å². The van der Waals surface area contributed by atoms with Crippen LogP contribution in [0.5, 0.6) is 0 Å². The van der Waals surface area contributed by atoms with Crippen LogP contribution in [0.3, 0.4) is 0 Å². The second-order valence-electron chi connectivity index (χ2n) is 4.55. The van der Waals surface area contributed by atoms with Crippen LogP contribution in [0.4, 0.5) is 0 Å². The molecule has 1 aromatic heterocycles. The van der Waals surface area contributed by atoms with Gasteiger partial charge in [-0.05, 0) is 17.0 Å². The molecule has 0 aliphatic carbocycles. The second-order valence-corrected chi connectivity index (χ2v) is 5.58. The third-order valence-corrected chi connectivity index (χ3v) is 3.92. The highest BCUT2D eigenvalue weighted by atomic mass is 32.1. The van der Waals surface area contributed by atoms with Gasteiger partial charge >= 0.3 is 0 Å². The summed E-state index contributed by atoms with van der Waals surface area (Å²) < 4.78 is 5.10. The van der Waals surface area contributed by atoms with E-state index in [9.17, 15) is 4.79 Å². The van der Waals surface area contributed by atoms with Crippen molar-refractivity contribution in [1.82, 2.24) is 4.90 Å². The van der Waals surface area contributed by atoms with Crippen molar-refractivity contribution < 1.29 is 9.53 Å². The van der Waals surface area contributed by atoms with Crippen molar-refractivity contribution in [2.45, 2.75) is 13.0 Å². The molecule has 0 atom stereocenters. The van der Waals surface area contributed by atoms with E-state index in [2.05, 4.69) is 0 Å². The Morgan fingerprint density at radius 3 is 2.65 bits per heavy atom. The summed E-state index contributed by atoms with van der Waals surface area (Å²) in [5.74, 6) is 0.147. The molecule has 0 bridgehead atoms. The molecule has 3 nitrogen and oxygen atoms in total. The lowest BCUT2D eigenvalue weighted by Crippen LogP contribution is -2.34. The zero-order chi connectivity index (χ0) is 14.2. The Kier molecular flexibility index (Phi) is 5.77. The number of hydrogen-bond acceptors (Lipinski definition) is 3. The molecule has 1 amide bonds.